The van der Waals surface area contributed by atoms with Gasteiger partial charge in [-0.3, -0.25) is 9.59 Å². The van der Waals surface area contributed by atoms with E-state index in [0.717, 1.165) is 49.8 Å². The Labute approximate surface area is 431 Å². The molecule has 1 rings (SSSR count). The lowest BCUT2D eigenvalue weighted by molar-refractivity contribution is -0.167. The van der Waals surface area contributed by atoms with Crippen molar-refractivity contribution in [2.24, 2.45) is 0 Å². The molecule has 1 aromatic rings. The van der Waals surface area contributed by atoms with Crippen LogP contribution >= 0.6 is 23.2 Å². The molecule has 0 saturated carbocycles. The van der Waals surface area contributed by atoms with E-state index < -0.39 is 35.8 Å². The molecule has 1 N–H and O–H groups in total. The lowest BCUT2D eigenvalue weighted by atomic mass is 10.0. The SMILES string of the molecule is CCCCCCCCCCCCCCCCCC(=O)OCC(COC(=O)[C@H](Cc1ccc(N(CCCl)CCCl)cc1)NC(=O)OC(C)(C)C)OC(=O)CCCCCCCCCCCCCCCCC. The second-order valence-electron chi connectivity index (χ2n) is 20.3. The van der Waals surface area contributed by atoms with Crippen LogP contribution in [-0.4, -0.2) is 79.8 Å². The fraction of sp³-hybridized carbons (Fsp3) is 0.825. The van der Waals surface area contributed by atoms with Gasteiger partial charge in [-0.05, 0) is 51.3 Å². The van der Waals surface area contributed by atoms with E-state index in [-0.39, 0.29) is 38.4 Å². The molecule has 69 heavy (non-hydrogen) atoms. The van der Waals surface area contributed by atoms with Crippen molar-refractivity contribution in [2.75, 3.05) is 43.0 Å². The minimum Gasteiger partial charge on any atom is -0.462 e. The molecule has 1 aromatic carbocycles. The quantitative estimate of drug-likeness (QED) is 0.0294. The van der Waals surface area contributed by atoms with E-state index in [1.807, 2.05) is 24.3 Å². The van der Waals surface area contributed by atoms with Crippen molar-refractivity contribution < 1.29 is 38.1 Å². The van der Waals surface area contributed by atoms with Crippen LogP contribution < -0.4 is 10.2 Å². The van der Waals surface area contributed by atoms with Gasteiger partial charge in [-0.15, -0.1) is 23.2 Å². The van der Waals surface area contributed by atoms with Gasteiger partial charge in [0.1, 0.15) is 24.9 Å². The summed E-state index contributed by atoms with van der Waals surface area (Å²) in [5, 5.41) is 2.67. The molecule has 0 fully saturated rings. The molecule has 0 radical (unpaired) electrons. The molecule has 1 amide bonds. The number of esters is 3. The monoisotopic (exact) mass is 1010 g/mol. The summed E-state index contributed by atoms with van der Waals surface area (Å²) in [5.41, 5.74) is 0.909. The van der Waals surface area contributed by atoms with Gasteiger partial charge >= 0.3 is 24.0 Å². The second-order valence-corrected chi connectivity index (χ2v) is 21.0. The number of carbonyl (C=O) groups is 4. The highest BCUT2D eigenvalue weighted by Gasteiger charge is 2.28. The number of hydrogen-bond acceptors (Lipinski definition) is 9. The topological polar surface area (TPSA) is 120 Å². The van der Waals surface area contributed by atoms with E-state index in [1.165, 1.54) is 148 Å². The van der Waals surface area contributed by atoms with Crippen molar-refractivity contribution in [3.63, 3.8) is 0 Å². The van der Waals surface area contributed by atoms with E-state index in [0.29, 0.717) is 31.3 Å². The van der Waals surface area contributed by atoms with Gasteiger partial charge < -0.3 is 29.2 Å². The molecule has 0 saturated heterocycles. The number of carbonyl (C=O) groups excluding carboxylic acids is 4. The number of amides is 1. The Hall–Kier alpha value is -2.72. The minimum absolute atomic E-state index is 0.112. The first-order valence-corrected chi connectivity index (χ1v) is 29.0. The average Bonchev–Trinajstić information content (AvgIpc) is 3.31. The molecular weight excluding hydrogens is 912 g/mol. The van der Waals surface area contributed by atoms with E-state index in [4.69, 9.17) is 42.1 Å². The second kappa shape index (κ2) is 44.0. The smallest absolute Gasteiger partial charge is 0.408 e. The Bertz CT molecular complexity index is 1400. The largest absolute Gasteiger partial charge is 0.462 e. The fourth-order valence-electron chi connectivity index (χ4n) is 8.47. The first kappa shape index (κ1) is 64.3. The molecule has 0 heterocycles. The first-order valence-electron chi connectivity index (χ1n) is 27.9. The molecule has 0 bridgehead atoms. The van der Waals surface area contributed by atoms with E-state index >= 15 is 0 Å². The van der Waals surface area contributed by atoms with Crippen molar-refractivity contribution in [3.05, 3.63) is 29.8 Å². The minimum atomic E-state index is -1.11. The summed E-state index contributed by atoms with van der Waals surface area (Å²) in [7, 11) is 0. The average molecular weight is 1010 g/mol. The summed E-state index contributed by atoms with van der Waals surface area (Å²) in [6.07, 6.45) is 35.9. The molecule has 0 spiro atoms. The van der Waals surface area contributed by atoms with Crippen LogP contribution in [0.25, 0.3) is 0 Å². The number of halogens is 2. The molecule has 1 unspecified atom stereocenters. The molecule has 2 atom stereocenters. The third kappa shape index (κ3) is 38.6. The molecule has 0 aromatic heterocycles. The Morgan fingerprint density at radius 1 is 0.536 bits per heavy atom. The van der Waals surface area contributed by atoms with Crippen LogP contribution in [0.15, 0.2) is 24.3 Å². The number of unbranched alkanes of at least 4 members (excludes halogenated alkanes) is 28. The Morgan fingerprint density at radius 2 is 0.913 bits per heavy atom. The summed E-state index contributed by atoms with van der Waals surface area (Å²) in [5.74, 6) is -0.640. The highest BCUT2D eigenvalue weighted by molar-refractivity contribution is 6.18. The third-order valence-electron chi connectivity index (χ3n) is 12.5. The normalized spacial score (nSPS) is 12.3. The molecule has 12 heteroatoms. The number of alkyl halides is 2. The third-order valence-corrected chi connectivity index (χ3v) is 12.9. The molecule has 0 aliphatic heterocycles. The van der Waals surface area contributed by atoms with Gasteiger partial charge in [0.25, 0.3) is 0 Å². The fourth-order valence-corrected chi connectivity index (χ4v) is 8.88. The molecule has 400 valence electrons. The van der Waals surface area contributed by atoms with Crippen molar-refractivity contribution in [2.45, 2.75) is 264 Å². The van der Waals surface area contributed by atoms with E-state index in [9.17, 15) is 19.2 Å². The number of hydrogen-bond donors (Lipinski definition) is 1. The van der Waals surface area contributed by atoms with Gasteiger partial charge in [0.2, 0.25) is 0 Å². The maximum atomic E-state index is 13.7. The van der Waals surface area contributed by atoms with E-state index in [1.54, 1.807) is 20.8 Å². The number of alkyl carbamates (subject to hydrolysis) is 1. The van der Waals surface area contributed by atoms with Crippen LogP contribution in [0.5, 0.6) is 0 Å². The summed E-state index contributed by atoms with van der Waals surface area (Å²) >= 11 is 12.0. The van der Waals surface area contributed by atoms with Gasteiger partial charge in [-0.1, -0.05) is 206 Å². The summed E-state index contributed by atoms with van der Waals surface area (Å²) in [6, 6.07) is 6.49. The molecular formula is C57H100Cl2N2O8. The Morgan fingerprint density at radius 3 is 1.30 bits per heavy atom. The Balaban J connectivity index is 2.74. The highest BCUT2D eigenvalue weighted by atomic mass is 35.5. The zero-order chi connectivity index (χ0) is 50.6. The number of anilines is 1. The van der Waals surface area contributed by atoms with Crippen molar-refractivity contribution in [1.82, 2.24) is 5.32 Å². The van der Waals surface area contributed by atoms with Gasteiger partial charge in [0, 0.05) is 49.8 Å². The summed E-state index contributed by atoms with van der Waals surface area (Å²) < 4.78 is 22.6. The van der Waals surface area contributed by atoms with Crippen molar-refractivity contribution >= 4 is 52.9 Å². The van der Waals surface area contributed by atoms with Gasteiger partial charge in [0.05, 0.1) is 0 Å². The maximum Gasteiger partial charge on any atom is 0.408 e. The summed E-state index contributed by atoms with van der Waals surface area (Å²) in [6.45, 7) is 10.4. The Kier molecular flexibility index (Phi) is 41.0. The predicted octanol–water partition coefficient (Wildman–Crippen LogP) is 15.9. The van der Waals surface area contributed by atoms with Gasteiger partial charge in [-0.25, -0.2) is 9.59 Å². The van der Waals surface area contributed by atoms with Crippen LogP contribution in [0.4, 0.5) is 10.5 Å². The summed E-state index contributed by atoms with van der Waals surface area (Å²) in [4.78, 5) is 54.8. The number of nitrogens with zero attached hydrogens (tertiary/aromatic N) is 1. The standard InChI is InChI=1S/C57H100Cl2N2O8/c1-6-8-10-12-14-16-18-20-22-24-26-28-30-32-34-36-53(62)66-47-51(68-54(63)37-35-33-31-29-27-25-23-21-19-17-15-13-11-9-7-2)48-67-55(64)52(60-56(65)69-57(3,4)5)46-49-38-40-50(41-39-49)61(44-42-58)45-43-59/h38-41,51-52H,6-37,42-48H2,1-5H3,(H,60,65)/t51?,52-/m0/s1. The van der Waals surface area contributed by atoms with Crippen LogP contribution in [0.3, 0.4) is 0 Å². The highest BCUT2D eigenvalue weighted by Crippen LogP contribution is 2.19. The zero-order valence-electron chi connectivity index (χ0n) is 44.5. The molecule has 10 nitrogen and oxygen atoms in total. The first-order chi connectivity index (χ1) is 33.4. The van der Waals surface area contributed by atoms with Crippen LogP contribution in [0.2, 0.25) is 0 Å². The van der Waals surface area contributed by atoms with Crippen LogP contribution in [0, 0.1) is 0 Å². The van der Waals surface area contributed by atoms with Crippen molar-refractivity contribution in [3.8, 4) is 0 Å². The van der Waals surface area contributed by atoms with Gasteiger partial charge in [0.15, 0.2) is 6.10 Å². The maximum absolute atomic E-state index is 13.7. The van der Waals surface area contributed by atoms with Crippen LogP contribution in [0.1, 0.15) is 246 Å². The lowest BCUT2D eigenvalue weighted by Gasteiger charge is -2.25. The van der Waals surface area contributed by atoms with Crippen LogP contribution in [-0.2, 0) is 39.8 Å². The molecule has 0 aliphatic carbocycles. The number of nitrogens with one attached hydrogen (secondary N) is 1. The van der Waals surface area contributed by atoms with Crippen molar-refractivity contribution in [1.29, 1.82) is 0 Å². The lowest BCUT2D eigenvalue weighted by Crippen LogP contribution is -2.46. The number of rotatable bonds is 46. The zero-order valence-corrected chi connectivity index (χ0v) is 46.0. The predicted molar refractivity (Wildman–Crippen MR) is 288 cm³/mol. The molecule has 0 aliphatic rings. The van der Waals surface area contributed by atoms with E-state index in [2.05, 4.69) is 24.1 Å². The van der Waals surface area contributed by atoms with Gasteiger partial charge in [-0.2, -0.15) is 0 Å². The number of benzene rings is 1. The number of ether oxygens (including phenoxy) is 4.